The first-order valence-electron chi connectivity index (χ1n) is 7.44. The van der Waals surface area contributed by atoms with Crippen molar-refractivity contribution < 1.29 is 9.64 Å². The third-order valence-electron chi connectivity index (χ3n) is 3.85. The van der Waals surface area contributed by atoms with Gasteiger partial charge in [-0.15, -0.1) is 0 Å². The zero-order chi connectivity index (χ0) is 12.6. The molecule has 1 aliphatic heterocycles. The van der Waals surface area contributed by atoms with Crippen molar-refractivity contribution in [2.45, 2.75) is 39.0 Å². The van der Waals surface area contributed by atoms with Crippen LogP contribution in [0.4, 0.5) is 0 Å². The molecule has 1 fully saturated rings. The Kier molecular flexibility index (Phi) is 5.53. The molecule has 1 aromatic rings. The van der Waals surface area contributed by atoms with E-state index >= 15 is 0 Å². The molecule has 0 aromatic heterocycles. The summed E-state index contributed by atoms with van der Waals surface area (Å²) in [4.78, 5) is 1.80. The Bertz CT molecular complexity index is 345. The minimum Gasteiger partial charge on any atom is -0.493 e. The molecule has 2 heteroatoms. The molecule has 100 valence electrons. The van der Waals surface area contributed by atoms with Crippen LogP contribution in [0.15, 0.2) is 24.3 Å². The van der Waals surface area contributed by atoms with Crippen LogP contribution in [-0.2, 0) is 6.42 Å². The predicted octanol–water partition coefficient (Wildman–Crippen LogP) is 2.09. The Morgan fingerprint density at radius 3 is 2.67 bits per heavy atom. The summed E-state index contributed by atoms with van der Waals surface area (Å²) in [5, 5.41) is 0. The van der Waals surface area contributed by atoms with Gasteiger partial charge in [-0.1, -0.05) is 25.1 Å². The van der Waals surface area contributed by atoms with Crippen molar-refractivity contribution in [3.8, 4) is 5.75 Å². The lowest BCUT2D eigenvalue weighted by molar-refractivity contribution is -0.887. The second kappa shape index (κ2) is 7.42. The average Bonchev–Trinajstić information content (AvgIpc) is 2.92. The average molecular weight is 248 g/mol. The number of hydrogen-bond acceptors (Lipinski definition) is 1. The Balaban J connectivity index is 1.62. The highest BCUT2D eigenvalue weighted by Gasteiger charge is 2.13. The van der Waals surface area contributed by atoms with Gasteiger partial charge in [-0.2, -0.15) is 0 Å². The van der Waals surface area contributed by atoms with Gasteiger partial charge in [-0.3, -0.25) is 0 Å². The van der Waals surface area contributed by atoms with Crippen molar-refractivity contribution >= 4 is 0 Å². The molecule has 18 heavy (non-hydrogen) atoms. The number of unbranched alkanes of at least 4 members (excludes halogenated alkanes) is 1. The lowest BCUT2D eigenvalue weighted by Crippen LogP contribution is -3.09. The Morgan fingerprint density at radius 1 is 1.11 bits per heavy atom. The third kappa shape index (κ3) is 4.02. The Hall–Kier alpha value is -1.02. The van der Waals surface area contributed by atoms with E-state index in [2.05, 4.69) is 31.2 Å². The van der Waals surface area contributed by atoms with Gasteiger partial charge in [0.15, 0.2) is 0 Å². The summed E-state index contributed by atoms with van der Waals surface area (Å²) in [7, 11) is 0. The van der Waals surface area contributed by atoms with E-state index in [0.29, 0.717) is 0 Å². The number of rotatable bonds is 7. The van der Waals surface area contributed by atoms with Gasteiger partial charge in [0, 0.05) is 12.8 Å². The quantitative estimate of drug-likeness (QED) is 0.730. The molecule has 0 spiro atoms. The number of para-hydroxylation sites is 1. The van der Waals surface area contributed by atoms with Crippen molar-refractivity contribution in [1.82, 2.24) is 0 Å². The van der Waals surface area contributed by atoms with E-state index in [-0.39, 0.29) is 0 Å². The monoisotopic (exact) mass is 248 g/mol. The first-order chi connectivity index (χ1) is 8.90. The summed E-state index contributed by atoms with van der Waals surface area (Å²) in [6.45, 7) is 7.15. The van der Waals surface area contributed by atoms with Crippen LogP contribution in [0.2, 0.25) is 0 Å². The van der Waals surface area contributed by atoms with Crippen LogP contribution in [0.5, 0.6) is 5.75 Å². The summed E-state index contributed by atoms with van der Waals surface area (Å²) in [5.41, 5.74) is 1.32. The van der Waals surface area contributed by atoms with Gasteiger partial charge < -0.3 is 9.64 Å². The van der Waals surface area contributed by atoms with Crippen LogP contribution in [0.1, 0.15) is 38.2 Å². The molecule has 0 unspecified atom stereocenters. The second-order valence-corrected chi connectivity index (χ2v) is 5.22. The van der Waals surface area contributed by atoms with Gasteiger partial charge in [-0.25, -0.2) is 0 Å². The zero-order valence-corrected chi connectivity index (χ0v) is 11.6. The summed E-state index contributed by atoms with van der Waals surface area (Å²) < 4.78 is 5.88. The van der Waals surface area contributed by atoms with E-state index in [1.807, 2.05) is 0 Å². The summed E-state index contributed by atoms with van der Waals surface area (Å²) in [5.74, 6) is 1.08. The Morgan fingerprint density at radius 2 is 1.89 bits per heavy atom. The third-order valence-corrected chi connectivity index (χ3v) is 3.85. The molecule has 1 aliphatic rings. The van der Waals surface area contributed by atoms with Crippen molar-refractivity contribution in [3.05, 3.63) is 29.8 Å². The molecule has 1 heterocycles. The van der Waals surface area contributed by atoms with Crippen LogP contribution in [0.3, 0.4) is 0 Å². The highest BCUT2D eigenvalue weighted by Crippen LogP contribution is 2.18. The van der Waals surface area contributed by atoms with Crippen LogP contribution in [0.25, 0.3) is 0 Å². The van der Waals surface area contributed by atoms with E-state index in [9.17, 15) is 0 Å². The molecular weight excluding hydrogens is 222 g/mol. The fourth-order valence-electron chi connectivity index (χ4n) is 2.72. The topological polar surface area (TPSA) is 13.7 Å². The maximum Gasteiger partial charge on any atom is 0.122 e. The van der Waals surface area contributed by atoms with E-state index in [1.54, 1.807) is 4.90 Å². The van der Waals surface area contributed by atoms with Gasteiger partial charge in [0.1, 0.15) is 5.75 Å². The zero-order valence-electron chi connectivity index (χ0n) is 11.6. The standard InChI is InChI=1S/C16H25NO/c1-2-15-9-3-4-10-16(15)18-14-8-7-13-17-11-5-6-12-17/h3-4,9-10H,2,5-8,11-14H2,1H3/p+1. The SMILES string of the molecule is CCc1ccccc1OCCCC[NH+]1CCCC1. The van der Waals surface area contributed by atoms with Crippen molar-refractivity contribution in [3.63, 3.8) is 0 Å². The first-order valence-corrected chi connectivity index (χ1v) is 7.44. The second-order valence-electron chi connectivity index (χ2n) is 5.22. The lowest BCUT2D eigenvalue weighted by atomic mass is 10.1. The van der Waals surface area contributed by atoms with Crippen molar-refractivity contribution in [2.24, 2.45) is 0 Å². The number of ether oxygens (including phenoxy) is 1. The molecule has 1 N–H and O–H groups in total. The predicted molar refractivity (Wildman–Crippen MR) is 75.3 cm³/mol. The smallest absolute Gasteiger partial charge is 0.122 e. The van der Waals surface area contributed by atoms with Gasteiger partial charge in [-0.05, 0) is 30.9 Å². The van der Waals surface area contributed by atoms with Gasteiger partial charge in [0.25, 0.3) is 0 Å². The molecule has 0 radical (unpaired) electrons. The molecule has 2 nitrogen and oxygen atoms in total. The first kappa shape index (κ1) is 13.4. The van der Waals surface area contributed by atoms with Crippen molar-refractivity contribution in [2.75, 3.05) is 26.2 Å². The van der Waals surface area contributed by atoms with Crippen molar-refractivity contribution in [1.29, 1.82) is 0 Å². The molecule has 2 rings (SSSR count). The number of hydrogen-bond donors (Lipinski definition) is 1. The Labute approximate surface area is 111 Å². The molecule has 0 bridgehead atoms. The van der Waals surface area contributed by atoms with E-state index < -0.39 is 0 Å². The fourth-order valence-corrected chi connectivity index (χ4v) is 2.72. The van der Waals surface area contributed by atoms with Gasteiger partial charge in [0.05, 0.1) is 26.2 Å². The summed E-state index contributed by atoms with van der Waals surface area (Å²) in [6, 6.07) is 8.39. The van der Waals surface area contributed by atoms with E-state index in [1.165, 1.54) is 50.9 Å². The fraction of sp³-hybridized carbons (Fsp3) is 0.625. The van der Waals surface area contributed by atoms with E-state index in [0.717, 1.165) is 18.8 Å². The molecule has 0 saturated carbocycles. The normalized spacial score (nSPS) is 16.1. The molecule has 0 atom stereocenters. The van der Waals surface area contributed by atoms with Crippen LogP contribution in [-0.4, -0.2) is 26.2 Å². The van der Waals surface area contributed by atoms with Crippen LogP contribution >= 0.6 is 0 Å². The maximum absolute atomic E-state index is 5.88. The minimum atomic E-state index is 0.865. The molecule has 0 amide bonds. The summed E-state index contributed by atoms with van der Waals surface area (Å²) >= 11 is 0. The van der Waals surface area contributed by atoms with Gasteiger partial charge in [0.2, 0.25) is 0 Å². The number of benzene rings is 1. The van der Waals surface area contributed by atoms with Crippen LogP contribution < -0.4 is 9.64 Å². The molecule has 1 saturated heterocycles. The summed E-state index contributed by atoms with van der Waals surface area (Å²) in [6.07, 6.45) is 6.38. The maximum atomic E-state index is 5.88. The largest absolute Gasteiger partial charge is 0.493 e. The van der Waals surface area contributed by atoms with E-state index in [4.69, 9.17) is 4.74 Å². The highest BCUT2D eigenvalue weighted by atomic mass is 16.5. The minimum absolute atomic E-state index is 0.865. The molecule has 0 aliphatic carbocycles. The highest BCUT2D eigenvalue weighted by molar-refractivity contribution is 5.33. The number of likely N-dealkylation sites (tertiary alicyclic amines) is 1. The number of aryl methyl sites for hydroxylation is 1. The number of nitrogens with one attached hydrogen (secondary N) is 1. The van der Waals surface area contributed by atoms with Crippen LogP contribution in [0, 0.1) is 0 Å². The van der Waals surface area contributed by atoms with Gasteiger partial charge >= 0.3 is 0 Å². The molecular formula is C16H26NO+. The lowest BCUT2D eigenvalue weighted by Gasteiger charge is -2.13. The number of quaternary nitrogens is 1. The molecule has 1 aromatic carbocycles.